The lowest BCUT2D eigenvalue weighted by Gasteiger charge is -2.32. The molecule has 0 aliphatic rings. The Balaban J connectivity index is 2.30. The Morgan fingerprint density at radius 2 is 1.86 bits per heavy atom. The van der Waals surface area contributed by atoms with E-state index in [0.29, 0.717) is 10.6 Å². The molecule has 0 aliphatic carbocycles. The van der Waals surface area contributed by atoms with Crippen molar-refractivity contribution in [1.82, 2.24) is 10.3 Å². The first-order valence-corrected chi connectivity index (χ1v) is 7.32. The van der Waals surface area contributed by atoms with Crippen molar-refractivity contribution in [1.29, 1.82) is 0 Å². The van der Waals surface area contributed by atoms with Crippen LogP contribution >= 0.6 is 11.6 Å². The number of halogens is 2. The van der Waals surface area contributed by atoms with Gasteiger partial charge in [0.15, 0.2) is 0 Å². The fraction of sp³-hybridized carbons (Fsp3) is 0.294. The summed E-state index contributed by atoms with van der Waals surface area (Å²) in [5.74, 6) is -0.587. The summed E-state index contributed by atoms with van der Waals surface area (Å²) in [5.41, 5.74) is 0.966. The van der Waals surface area contributed by atoms with Crippen LogP contribution in [0.5, 0.6) is 0 Å². The topological polar surface area (TPSA) is 42.0 Å². The van der Waals surface area contributed by atoms with E-state index in [4.69, 9.17) is 11.6 Å². The summed E-state index contributed by atoms with van der Waals surface area (Å²) in [4.78, 5) is 16.3. The molecular weight excluding hydrogens is 303 g/mol. The van der Waals surface area contributed by atoms with Crippen molar-refractivity contribution in [3.05, 3.63) is 64.7 Å². The van der Waals surface area contributed by atoms with E-state index in [1.165, 1.54) is 24.5 Å². The molecule has 0 bridgehead atoms. The lowest BCUT2D eigenvalue weighted by Crippen LogP contribution is -2.36. The zero-order valence-electron chi connectivity index (χ0n) is 12.7. The number of aromatic nitrogens is 1. The summed E-state index contributed by atoms with van der Waals surface area (Å²) in [6.45, 7) is 6.03. The second kappa shape index (κ2) is 6.44. The minimum Gasteiger partial charge on any atom is -0.345 e. The summed E-state index contributed by atoms with van der Waals surface area (Å²) >= 11 is 6.01. The predicted molar refractivity (Wildman–Crippen MR) is 85.3 cm³/mol. The number of hydrogen-bond donors (Lipinski definition) is 1. The second-order valence-corrected chi connectivity index (χ2v) is 6.59. The van der Waals surface area contributed by atoms with Crippen LogP contribution in [0.4, 0.5) is 4.39 Å². The Morgan fingerprint density at radius 1 is 1.23 bits per heavy atom. The molecule has 0 saturated carbocycles. The molecular formula is C17H18ClFN2O. The third-order valence-electron chi connectivity index (χ3n) is 3.36. The molecule has 1 amide bonds. The molecule has 1 heterocycles. The number of pyridine rings is 1. The highest BCUT2D eigenvalue weighted by molar-refractivity contribution is 6.33. The minimum atomic E-state index is -0.306. The van der Waals surface area contributed by atoms with Crippen LogP contribution in [0.1, 0.15) is 42.7 Å². The van der Waals surface area contributed by atoms with Gasteiger partial charge in [0, 0.05) is 12.4 Å². The molecule has 5 heteroatoms. The highest BCUT2D eigenvalue weighted by Crippen LogP contribution is 2.33. The maximum Gasteiger partial charge on any atom is 0.253 e. The SMILES string of the molecule is CC(C)(C)C(NC(=O)c1ccncc1Cl)c1ccc(F)cc1. The van der Waals surface area contributed by atoms with Gasteiger partial charge in [-0.25, -0.2) is 4.39 Å². The molecule has 1 unspecified atom stereocenters. The van der Waals surface area contributed by atoms with Gasteiger partial charge in [0.05, 0.1) is 16.6 Å². The first-order chi connectivity index (χ1) is 10.3. The average Bonchev–Trinajstić information content (AvgIpc) is 2.45. The van der Waals surface area contributed by atoms with Gasteiger partial charge in [-0.15, -0.1) is 0 Å². The number of rotatable bonds is 3. The molecule has 116 valence electrons. The Hall–Kier alpha value is -1.94. The van der Waals surface area contributed by atoms with Crippen molar-refractivity contribution < 1.29 is 9.18 Å². The normalized spacial score (nSPS) is 12.8. The van der Waals surface area contributed by atoms with Gasteiger partial charge in [0.25, 0.3) is 5.91 Å². The molecule has 2 rings (SSSR count). The third-order valence-corrected chi connectivity index (χ3v) is 3.66. The van der Waals surface area contributed by atoms with Crippen LogP contribution in [0.15, 0.2) is 42.7 Å². The number of nitrogens with zero attached hydrogens (tertiary/aromatic N) is 1. The predicted octanol–water partition coefficient (Wildman–Crippen LogP) is 4.39. The Morgan fingerprint density at radius 3 is 2.41 bits per heavy atom. The lowest BCUT2D eigenvalue weighted by atomic mass is 9.82. The average molecular weight is 321 g/mol. The highest BCUT2D eigenvalue weighted by Gasteiger charge is 2.28. The second-order valence-electron chi connectivity index (χ2n) is 6.18. The van der Waals surface area contributed by atoms with Crippen LogP contribution in [0, 0.1) is 11.2 Å². The number of benzene rings is 1. The summed E-state index contributed by atoms with van der Waals surface area (Å²) in [6.07, 6.45) is 2.95. The minimum absolute atomic E-state index is 0.243. The Kier molecular flexibility index (Phi) is 4.81. The zero-order valence-corrected chi connectivity index (χ0v) is 13.5. The molecule has 2 aromatic rings. The smallest absolute Gasteiger partial charge is 0.253 e. The molecule has 0 radical (unpaired) electrons. The molecule has 0 aliphatic heterocycles. The van der Waals surface area contributed by atoms with Crippen LogP contribution in [0.2, 0.25) is 5.02 Å². The zero-order chi connectivity index (χ0) is 16.3. The standard InChI is InChI=1S/C17H18ClFN2O/c1-17(2,3)15(11-4-6-12(19)7-5-11)21-16(22)13-8-9-20-10-14(13)18/h4-10,15H,1-3H3,(H,21,22). The molecule has 0 spiro atoms. The highest BCUT2D eigenvalue weighted by atomic mass is 35.5. The molecule has 1 aromatic heterocycles. The first-order valence-electron chi connectivity index (χ1n) is 6.95. The fourth-order valence-corrected chi connectivity index (χ4v) is 2.43. The van der Waals surface area contributed by atoms with E-state index in [2.05, 4.69) is 10.3 Å². The molecule has 1 atom stereocenters. The van der Waals surface area contributed by atoms with Gasteiger partial charge in [0.2, 0.25) is 0 Å². The van der Waals surface area contributed by atoms with Gasteiger partial charge in [-0.05, 0) is 29.2 Å². The monoisotopic (exact) mass is 320 g/mol. The van der Waals surface area contributed by atoms with E-state index >= 15 is 0 Å². The molecule has 0 fully saturated rings. The van der Waals surface area contributed by atoms with E-state index in [-0.39, 0.29) is 23.2 Å². The largest absolute Gasteiger partial charge is 0.345 e. The van der Waals surface area contributed by atoms with Crippen molar-refractivity contribution >= 4 is 17.5 Å². The number of carbonyl (C=O) groups is 1. The summed E-state index contributed by atoms with van der Waals surface area (Å²) in [5, 5.41) is 3.27. The fourth-order valence-electron chi connectivity index (χ4n) is 2.22. The van der Waals surface area contributed by atoms with Gasteiger partial charge in [-0.3, -0.25) is 9.78 Å². The number of carbonyl (C=O) groups excluding carboxylic acids is 1. The van der Waals surface area contributed by atoms with Crippen molar-refractivity contribution in [2.75, 3.05) is 0 Å². The van der Waals surface area contributed by atoms with E-state index in [1.807, 2.05) is 20.8 Å². The van der Waals surface area contributed by atoms with Crippen molar-refractivity contribution in [3.8, 4) is 0 Å². The van der Waals surface area contributed by atoms with Gasteiger partial charge >= 0.3 is 0 Å². The number of amides is 1. The summed E-state index contributed by atoms with van der Waals surface area (Å²) < 4.78 is 13.1. The van der Waals surface area contributed by atoms with Gasteiger partial charge in [-0.2, -0.15) is 0 Å². The number of hydrogen-bond acceptors (Lipinski definition) is 2. The summed E-state index contributed by atoms with van der Waals surface area (Å²) in [6, 6.07) is 7.44. The van der Waals surface area contributed by atoms with Gasteiger partial charge in [0.1, 0.15) is 5.82 Å². The van der Waals surface area contributed by atoms with Crippen LogP contribution in [0.25, 0.3) is 0 Å². The Labute approximate surface area is 134 Å². The van der Waals surface area contributed by atoms with E-state index in [1.54, 1.807) is 18.2 Å². The van der Waals surface area contributed by atoms with Crippen molar-refractivity contribution in [2.24, 2.45) is 5.41 Å². The molecule has 1 aromatic carbocycles. The van der Waals surface area contributed by atoms with E-state index < -0.39 is 0 Å². The maximum atomic E-state index is 13.1. The van der Waals surface area contributed by atoms with E-state index in [9.17, 15) is 9.18 Å². The van der Waals surface area contributed by atoms with E-state index in [0.717, 1.165) is 5.56 Å². The first kappa shape index (κ1) is 16.4. The van der Waals surface area contributed by atoms with Crippen LogP contribution in [0.3, 0.4) is 0 Å². The van der Waals surface area contributed by atoms with Gasteiger partial charge in [-0.1, -0.05) is 44.5 Å². The quantitative estimate of drug-likeness (QED) is 0.911. The molecule has 22 heavy (non-hydrogen) atoms. The van der Waals surface area contributed by atoms with Gasteiger partial charge < -0.3 is 5.32 Å². The summed E-state index contributed by atoms with van der Waals surface area (Å²) in [7, 11) is 0. The molecule has 3 nitrogen and oxygen atoms in total. The number of nitrogens with one attached hydrogen (secondary N) is 1. The van der Waals surface area contributed by atoms with Crippen molar-refractivity contribution in [3.63, 3.8) is 0 Å². The van der Waals surface area contributed by atoms with Crippen LogP contribution < -0.4 is 5.32 Å². The lowest BCUT2D eigenvalue weighted by molar-refractivity contribution is 0.0902. The third kappa shape index (κ3) is 3.83. The molecule has 0 saturated heterocycles. The van der Waals surface area contributed by atoms with Crippen LogP contribution in [-0.4, -0.2) is 10.9 Å². The molecule has 1 N–H and O–H groups in total. The maximum absolute atomic E-state index is 13.1. The van der Waals surface area contributed by atoms with Crippen LogP contribution in [-0.2, 0) is 0 Å². The van der Waals surface area contributed by atoms with Crippen molar-refractivity contribution in [2.45, 2.75) is 26.8 Å². The Bertz CT molecular complexity index is 665.